The van der Waals surface area contributed by atoms with E-state index in [1.54, 1.807) is 6.92 Å². The summed E-state index contributed by atoms with van der Waals surface area (Å²) in [5.41, 5.74) is 2.18. The van der Waals surface area contributed by atoms with Crippen LogP contribution in [0, 0.1) is 17.6 Å². The van der Waals surface area contributed by atoms with Crippen molar-refractivity contribution in [2.24, 2.45) is 5.92 Å². The lowest BCUT2D eigenvalue weighted by atomic mass is 10.0. The Hall–Kier alpha value is -3.09. The zero-order chi connectivity index (χ0) is 19.3. The molecule has 2 aromatic carbocycles. The van der Waals surface area contributed by atoms with Crippen molar-refractivity contribution in [1.29, 1.82) is 0 Å². The van der Waals surface area contributed by atoms with E-state index in [2.05, 4.69) is 0 Å². The molecular formula is C20H15F2NO4. The quantitative estimate of drug-likeness (QED) is 0.473. The number of fused-ring (bicyclic) bond motifs is 3. The fourth-order valence-electron chi connectivity index (χ4n) is 3.81. The second kappa shape index (κ2) is 6.26. The Morgan fingerprint density at radius 1 is 1.07 bits per heavy atom. The Kier molecular flexibility index (Phi) is 4.02. The molecular weight excluding hydrogens is 356 g/mol. The molecule has 0 radical (unpaired) electrons. The minimum absolute atomic E-state index is 0.0936. The third kappa shape index (κ3) is 2.61. The number of carbonyl (C=O) groups is 3. The van der Waals surface area contributed by atoms with Crippen LogP contribution < -0.4 is 0 Å². The van der Waals surface area contributed by atoms with Crippen molar-refractivity contribution in [3.8, 4) is 11.1 Å². The Balaban J connectivity index is 1.80. The van der Waals surface area contributed by atoms with Gasteiger partial charge in [-0.2, -0.15) is 0 Å². The zero-order valence-corrected chi connectivity index (χ0v) is 14.4. The predicted molar refractivity (Wildman–Crippen MR) is 90.5 cm³/mol. The van der Waals surface area contributed by atoms with Crippen molar-refractivity contribution < 1.29 is 27.9 Å². The van der Waals surface area contributed by atoms with Crippen LogP contribution in [0.1, 0.15) is 24.1 Å². The highest BCUT2D eigenvalue weighted by Crippen LogP contribution is 2.48. The largest absolute Gasteiger partial charge is 0.465 e. The van der Waals surface area contributed by atoms with E-state index >= 15 is 0 Å². The third-order valence-electron chi connectivity index (χ3n) is 4.96. The summed E-state index contributed by atoms with van der Waals surface area (Å²) in [6.07, 6.45) is 0. The van der Waals surface area contributed by atoms with E-state index in [9.17, 15) is 23.2 Å². The minimum Gasteiger partial charge on any atom is -0.465 e. The highest BCUT2D eigenvalue weighted by atomic mass is 19.1. The monoisotopic (exact) mass is 371 g/mol. The fraction of sp³-hybridized carbons (Fsp3) is 0.250. The summed E-state index contributed by atoms with van der Waals surface area (Å²) in [5, 5.41) is 0. The molecule has 2 aliphatic rings. The number of rotatable bonds is 3. The van der Waals surface area contributed by atoms with Gasteiger partial charge in [-0.3, -0.25) is 14.4 Å². The molecule has 2 aromatic rings. The lowest BCUT2D eigenvalue weighted by Crippen LogP contribution is -2.31. The second-order valence-electron chi connectivity index (χ2n) is 6.49. The average molecular weight is 371 g/mol. The van der Waals surface area contributed by atoms with E-state index in [0.717, 1.165) is 0 Å². The van der Waals surface area contributed by atoms with Crippen molar-refractivity contribution in [2.45, 2.75) is 13.0 Å². The number of nitrogens with zero attached hydrogens (tertiary/aromatic N) is 1. The molecule has 0 spiro atoms. The predicted octanol–water partition coefficient (Wildman–Crippen LogP) is 2.63. The molecule has 4 rings (SSSR count). The highest BCUT2D eigenvalue weighted by Gasteiger charge is 2.49. The summed E-state index contributed by atoms with van der Waals surface area (Å²) >= 11 is 0. The van der Waals surface area contributed by atoms with Crippen LogP contribution in [0.2, 0.25) is 0 Å². The molecule has 1 saturated heterocycles. The van der Waals surface area contributed by atoms with E-state index in [-0.39, 0.29) is 13.2 Å². The van der Waals surface area contributed by atoms with Crippen LogP contribution >= 0.6 is 0 Å². The average Bonchev–Trinajstić information content (AvgIpc) is 3.09. The van der Waals surface area contributed by atoms with Gasteiger partial charge in [-0.15, -0.1) is 0 Å². The van der Waals surface area contributed by atoms with E-state index < -0.39 is 41.3 Å². The number of benzene rings is 2. The molecule has 0 saturated carbocycles. The summed E-state index contributed by atoms with van der Waals surface area (Å²) < 4.78 is 32.5. The molecule has 7 heteroatoms. The fourth-order valence-corrected chi connectivity index (χ4v) is 3.81. The number of hydrogen-bond acceptors (Lipinski definition) is 4. The lowest BCUT2D eigenvalue weighted by Gasteiger charge is -2.25. The van der Waals surface area contributed by atoms with Crippen LogP contribution in [-0.2, 0) is 19.1 Å². The number of Topliss-reactive ketones (excluding diaryl/α,β-unsaturated/α-hetero) is 1. The standard InChI is InChI=1S/C20H15F2NO4/c1-2-27-20(26)16-9-23(19(25)18(16)24)17-13-6-4-10(21)7-14(13)12-5-3-11(22)8-15(12)17/h3-8,16-17H,2,9H2,1H3. The maximum absolute atomic E-state index is 13.9. The van der Waals surface area contributed by atoms with E-state index in [0.29, 0.717) is 22.3 Å². The van der Waals surface area contributed by atoms with Gasteiger partial charge in [0, 0.05) is 6.54 Å². The van der Waals surface area contributed by atoms with Gasteiger partial charge in [0.15, 0.2) is 0 Å². The molecule has 0 bridgehead atoms. The third-order valence-corrected chi connectivity index (χ3v) is 4.96. The van der Waals surface area contributed by atoms with Crippen LogP contribution in [0.25, 0.3) is 11.1 Å². The maximum Gasteiger partial charge on any atom is 0.318 e. The van der Waals surface area contributed by atoms with Crippen LogP contribution in [0.4, 0.5) is 8.78 Å². The number of likely N-dealkylation sites (tertiary alicyclic amines) is 1. The number of hydrogen-bond donors (Lipinski definition) is 0. The first kappa shape index (κ1) is 17.3. The van der Waals surface area contributed by atoms with Crippen LogP contribution in [0.5, 0.6) is 0 Å². The Bertz CT molecular complexity index is 988. The Labute approximate surface area is 153 Å². The van der Waals surface area contributed by atoms with Crippen molar-refractivity contribution in [3.05, 3.63) is 59.2 Å². The molecule has 1 fully saturated rings. The van der Waals surface area contributed by atoms with Crippen molar-refractivity contribution in [2.75, 3.05) is 13.2 Å². The molecule has 0 aromatic heterocycles. The minimum atomic E-state index is -1.21. The molecule has 27 heavy (non-hydrogen) atoms. The first-order valence-corrected chi connectivity index (χ1v) is 8.53. The van der Waals surface area contributed by atoms with Crippen molar-refractivity contribution >= 4 is 17.7 Å². The molecule has 2 atom stereocenters. The van der Waals surface area contributed by atoms with Crippen molar-refractivity contribution in [1.82, 2.24) is 4.90 Å². The molecule has 1 aliphatic carbocycles. The number of ketones is 1. The van der Waals surface area contributed by atoms with Gasteiger partial charge in [0.25, 0.3) is 5.91 Å². The smallest absolute Gasteiger partial charge is 0.318 e. The van der Waals surface area contributed by atoms with Gasteiger partial charge in [-0.05, 0) is 53.4 Å². The lowest BCUT2D eigenvalue weighted by molar-refractivity contribution is -0.151. The van der Waals surface area contributed by atoms with E-state index in [4.69, 9.17) is 4.74 Å². The summed E-state index contributed by atoms with van der Waals surface area (Å²) in [4.78, 5) is 38.2. The molecule has 138 valence electrons. The van der Waals surface area contributed by atoms with Gasteiger partial charge >= 0.3 is 5.97 Å². The zero-order valence-electron chi connectivity index (χ0n) is 14.4. The van der Waals surface area contributed by atoms with Crippen molar-refractivity contribution in [3.63, 3.8) is 0 Å². The molecule has 0 N–H and O–H groups in total. The topological polar surface area (TPSA) is 63.7 Å². The molecule has 1 amide bonds. The molecule has 1 aliphatic heterocycles. The maximum atomic E-state index is 13.9. The van der Waals surface area contributed by atoms with Crippen LogP contribution in [0.15, 0.2) is 36.4 Å². The summed E-state index contributed by atoms with van der Waals surface area (Å²) in [7, 11) is 0. The van der Waals surface area contributed by atoms with Gasteiger partial charge in [-0.25, -0.2) is 8.78 Å². The van der Waals surface area contributed by atoms with Gasteiger partial charge in [0.2, 0.25) is 5.78 Å². The van der Waals surface area contributed by atoms with Gasteiger partial charge in [-0.1, -0.05) is 12.1 Å². The first-order valence-electron chi connectivity index (χ1n) is 8.53. The molecule has 2 unspecified atom stereocenters. The Morgan fingerprint density at radius 3 is 2.52 bits per heavy atom. The number of amides is 1. The summed E-state index contributed by atoms with van der Waals surface area (Å²) in [6.45, 7) is 1.54. The summed E-state index contributed by atoms with van der Waals surface area (Å²) in [5.74, 6) is -4.61. The van der Waals surface area contributed by atoms with Gasteiger partial charge < -0.3 is 9.64 Å². The van der Waals surface area contributed by atoms with E-state index in [1.807, 2.05) is 0 Å². The number of esters is 1. The number of halogens is 2. The van der Waals surface area contributed by atoms with Crippen LogP contribution in [0.3, 0.4) is 0 Å². The molecule has 5 nitrogen and oxygen atoms in total. The SMILES string of the molecule is CCOC(=O)C1CN(C2c3ccc(F)cc3-c3ccc(F)cc32)C(=O)C1=O. The van der Waals surface area contributed by atoms with Gasteiger partial charge in [0.05, 0.1) is 12.6 Å². The second-order valence-corrected chi connectivity index (χ2v) is 6.49. The molecule has 1 heterocycles. The van der Waals surface area contributed by atoms with Crippen LogP contribution in [-0.4, -0.2) is 35.7 Å². The highest BCUT2D eigenvalue weighted by molar-refractivity contribution is 6.42. The normalized spacial score (nSPS) is 20.6. The van der Waals surface area contributed by atoms with Gasteiger partial charge in [0.1, 0.15) is 17.6 Å². The first-order chi connectivity index (χ1) is 12.9. The van der Waals surface area contributed by atoms with E-state index in [1.165, 1.54) is 41.3 Å². The number of ether oxygens (including phenoxy) is 1. The Morgan fingerprint density at radius 2 is 1.78 bits per heavy atom. The number of carbonyl (C=O) groups excluding carboxylic acids is 3. The summed E-state index contributed by atoms with van der Waals surface area (Å²) in [6, 6.07) is 7.37.